The van der Waals surface area contributed by atoms with Crippen LogP contribution in [0.25, 0.3) is 0 Å². The van der Waals surface area contributed by atoms with Crippen LogP contribution in [0.5, 0.6) is 0 Å². The molecule has 0 aliphatic rings. The Morgan fingerprint density at radius 1 is 1.05 bits per heavy atom. The highest BCUT2D eigenvalue weighted by Gasteiger charge is 2.25. The fraction of sp³-hybridized carbons (Fsp3) is 0.368. The van der Waals surface area contributed by atoms with Crippen molar-refractivity contribution in [2.45, 2.75) is 46.1 Å². The van der Waals surface area contributed by atoms with Crippen LogP contribution in [0.4, 0.5) is 4.39 Å². The van der Waals surface area contributed by atoms with Gasteiger partial charge in [-0.1, -0.05) is 51.1 Å². The third-order valence-corrected chi connectivity index (χ3v) is 3.82. The number of hydrogen-bond acceptors (Lipinski definition) is 1. The summed E-state index contributed by atoms with van der Waals surface area (Å²) < 4.78 is 14.3. The molecule has 1 nitrogen and oxygen atoms in total. The molecular formula is C19H23FO. The SMILES string of the molecule is Cc1cc(C)c(C(O)c2ccccc2C(C)(C)C)c(F)c1. The van der Waals surface area contributed by atoms with Gasteiger partial charge in [0.15, 0.2) is 0 Å². The molecule has 0 aliphatic carbocycles. The van der Waals surface area contributed by atoms with Gasteiger partial charge in [-0.2, -0.15) is 0 Å². The van der Waals surface area contributed by atoms with E-state index in [0.29, 0.717) is 5.56 Å². The standard InChI is InChI=1S/C19H23FO/c1-12-10-13(2)17(16(20)11-12)18(21)14-8-6-7-9-15(14)19(3,4)5/h6-11,18,21H,1-5H3. The van der Waals surface area contributed by atoms with E-state index >= 15 is 0 Å². The first-order valence-corrected chi connectivity index (χ1v) is 7.26. The highest BCUT2D eigenvalue weighted by atomic mass is 19.1. The van der Waals surface area contributed by atoms with Crippen molar-refractivity contribution >= 4 is 0 Å². The second kappa shape index (κ2) is 5.61. The van der Waals surface area contributed by atoms with Crippen LogP contribution >= 0.6 is 0 Å². The van der Waals surface area contributed by atoms with Gasteiger partial charge in [0.1, 0.15) is 11.9 Å². The molecule has 112 valence electrons. The zero-order valence-corrected chi connectivity index (χ0v) is 13.4. The quantitative estimate of drug-likeness (QED) is 0.839. The Labute approximate surface area is 126 Å². The van der Waals surface area contributed by atoms with E-state index in [1.54, 1.807) is 0 Å². The predicted octanol–water partition coefficient (Wildman–Crippen LogP) is 4.82. The van der Waals surface area contributed by atoms with E-state index in [-0.39, 0.29) is 11.2 Å². The summed E-state index contributed by atoms with van der Waals surface area (Å²) in [4.78, 5) is 0. The van der Waals surface area contributed by atoms with Crippen LogP contribution in [0, 0.1) is 19.7 Å². The fourth-order valence-corrected chi connectivity index (χ4v) is 2.85. The molecule has 0 fully saturated rings. The smallest absolute Gasteiger partial charge is 0.129 e. The number of benzene rings is 2. The van der Waals surface area contributed by atoms with Gasteiger partial charge in [-0.3, -0.25) is 0 Å². The lowest BCUT2D eigenvalue weighted by molar-refractivity contribution is 0.211. The van der Waals surface area contributed by atoms with Crippen molar-refractivity contribution in [3.63, 3.8) is 0 Å². The van der Waals surface area contributed by atoms with E-state index in [1.807, 2.05) is 44.2 Å². The third kappa shape index (κ3) is 3.16. The van der Waals surface area contributed by atoms with Crippen LogP contribution in [0.2, 0.25) is 0 Å². The van der Waals surface area contributed by atoms with Gasteiger partial charge in [0.05, 0.1) is 0 Å². The molecular weight excluding hydrogens is 263 g/mol. The highest BCUT2D eigenvalue weighted by molar-refractivity contribution is 5.43. The molecule has 0 bridgehead atoms. The molecule has 0 saturated carbocycles. The summed E-state index contributed by atoms with van der Waals surface area (Å²) in [6.45, 7) is 9.98. The topological polar surface area (TPSA) is 20.2 Å². The Kier molecular flexibility index (Phi) is 4.20. The predicted molar refractivity (Wildman–Crippen MR) is 85.1 cm³/mol. The molecule has 0 heterocycles. The van der Waals surface area contributed by atoms with Crippen molar-refractivity contribution in [3.05, 3.63) is 70.0 Å². The molecule has 2 heteroatoms. The van der Waals surface area contributed by atoms with Gasteiger partial charge < -0.3 is 5.11 Å². The number of halogens is 1. The maximum absolute atomic E-state index is 14.3. The summed E-state index contributed by atoms with van der Waals surface area (Å²) in [5, 5.41) is 10.7. The first kappa shape index (κ1) is 15.7. The lowest BCUT2D eigenvalue weighted by atomic mass is 9.80. The van der Waals surface area contributed by atoms with Gasteiger partial charge in [-0.05, 0) is 47.6 Å². The number of hydrogen-bond donors (Lipinski definition) is 1. The lowest BCUT2D eigenvalue weighted by Gasteiger charge is -2.26. The van der Waals surface area contributed by atoms with Crippen LogP contribution in [-0.2, 0) is 5.41 Å². The number of rotatable bonds is 2. The fourth-order valence-electron chi connectivity index (χ4n) is 2.85. The van der Waals surface area contributed by atoms with Gasteiger partial charge in [-0.25, -0.2) is 4.39 Å². The molecule has 1 atom stereocenters. The summed E-state index contributed by atoms with van der Waals surface area (Å²) >= 11 is 0. The molecule has 21 heavy (non-hydrogen) atoms. The van der Waals surface area contributed by atoms with Crippen molar-refractivity contribution in [2.24, 2.45) is 0 Å². The summed E-state index contributed by atoms with van der Waals surface area (Å²) in [6, 6.07) is 11.1. The minimum Gasteiger partial charge on any atom is -0.384 e. The third-order valence-electron chi connectivity index (χ3n) is 3.82. The molecule has 1 unspecified atom stereocenters. The molecule has 0 amide bonds. The van der Waals surface area contributed by atoms with E-state index < -0.39 is 6.10 Å². The van der Waals surface area contributed by atoms with Gasteiger partial charge in [-0.15, -0.1) is 0 Å². The highest BCUT2D eigenvalue weighted by Crippen LogP contribution is 2.34. The van der Waals surface area contributed by atoms with E-state index in [4.69, 9.17) is 0 Å². The second-order valence-electron chi connectivity index (χ2n) is 6.72. The maximum atomic E-state index is 14.3. The number of aliphatic hydroxyl groups is 1. The normalized spacial score (nSPS) is 13.3. The zero-order chi connectivity index (χ0) is 15.8. The Hall–Kier alpha value is -1.67. The number of aryl methyl sites for hydroxylation is 2. The largest absolute Gasteiger partial charge is 0.384 e. The second-order valence-corrected chi connectivity index (χ2v) is 6.72. The molecule has 0 saturated heterocycles. The summed E-state index contributed by atoms with van der Waals surface area (Å²) in [6.07, 6.45) is -0.943. The van der Waals surface area contributed by atoms with Crippen LogP contribution in [0.3, 0.4) is 0 Å². The summed E-state index contributed by atoms with van der Waals surface area (Å²) in [5.74, 6) is -0.344. The average molecular weight is 286 g/mol. The Morgan fingerprint density at radius 3 is 2.24 bits per heavy atom. The Balaban J connectivity index is 2.59. The molecule has 1 N–H and O–H groups in total. The minimum atomic E-state index is -0.943. The van der Waals surface area contributed by atoms with Gasteiger partial charge in [0.2, 0.25) is 0 Å². The van der Waals surface area contributed by atoms with Crippen molar-refractivity contribution in [1.29, 1.82) is 0 Å². The average Bonchev–Trinajstić information content (AvgIpc) is 2.36. The van der Waals surface area contributed by atoms with Gasteiger partial charge >= 0.3 is 0 Å². The maximum Gasteiger partial charge on any atom is 0.129 e. The van der Waals surface area contributed by atoms with E-state index in [0.717, 1.165) is 22.3 Å². The molecule has 2 rings (SSSR count). The van der Waals surface area contributed by atoms with Crippen LogP contribution in [0.15, 0.2) is 36.4 Å². The molecule has 0 radical (unpaired) electrons. The summed E-state index contributed by atoms with van der Waals surface area (Å²) in [5.41, 5.74) is 3.73. The first-order valence-electron chi connectivity index (χ1n) is 7.26. The van der Waals surface area contributed by atoms with Crippen LogP contribution < -0.4 is 0 Å². The summed E-state index contributed by atoms with van der Waals surface area (Å²) in [7, 11) is 0. The first-order chi connectivity index (χ1) is 9.71. The van der Waals surface area contributed by atoms with Crippen molar-refractivity contribution in [2.75, 3.05) is 0 Å². The van der Waals surface area contributed by atoms with Crippen molar-refractivity contribution in [3.8, 4) is 0 Å². The van der Waals surface area contributed by atoms with E-state index in [9.17, 15) is 9.50 Å². The monoisotopic (exact) mass is 286 g/mol. The molecule has 2 aromatic carbocycles. The number of aliphatic hydroxyl groups excluding tert-OH is 1. The zero-order valence-electron chi connectivity index (χ0n) is 13.4. The van der Waals surface area contributed by atoms with Crippen molar-refractivity contribution < 1.29 is 9.50 Å². The van der Waals surface area contributed by atoms with Crippen LogP contribution in [-0.4, -0.2) is 5.11 Å². The molecule has 2 aromatic rings. The van der Waals surface area contributed by atoms with Gasteiger partial charge in [0.25, 0.3) is 0 Å². The van der Waals surface area contributed by atoms with E-state index in [2.05, 4.69) is 20.8 Å². The van der Waals surface area contributed by atoms with Crippen molar-refractivity contribution in [1.82, 2.24) is 0 Å². The lowest BCUT2D eigenvalue weighted by Crippen LogP contribution is -2.17. The Morgan fingerprint density at radius 2 is 1.67 bits per heavy atom. The molecule has 0 aromatic heterocycles. The molecule has 0 spiro atoms. The molecule has 0 aliphatic heterocycles. The minimum absolute atomic E-state index is 0.105. The van der Waals surface area contributed by atoms with E-state index in [1.165, 1.54) is 6.07 Å². The van der Waals surface area contributed by atoms with Gasteiger partial charge in [0, 0.05) is 5.56 Å². The van der Waals surface area contributed by atoms with Crippen LogP contribution in [0.1, 0.15) is 54.7 Å². The Bertz CT molecular complexity index is 630.